The topological polar surface area (TPSA) is 4.93 Å². The molecule has 5 aromatic carbocycles. The number of hydrogen-bond donors (Lipinski definition) is 0. The first-order valence-electron chi connectivity index (χ1n) is 11.3. The van der Waals surface area contributed by atoms with Gasteiger partial charge in [0.1, 0.15) is 0 Å². The number of benzene rings is 5. The molecule has 6 aromatic rings. The standard InChI is InChI=1S/C31H18BrN/c32-19-16-17-25-23(18-19)20-8-1-3-11-24(20)31(25)26-12-4-6-15-29(26)33-28-14-5-2-9-21(28)22-10-7-13-27(31)30(22)33/h1-18H. The summed E-state index contributed by atoms with van der Waals surface area (Å²) in [5, 5.41) is 2.63. The molecule has 2 aliphatic rings. The summed E-state index contributed by atoms with van der Waals surface area (Å²) < 4.78 is 3.60. The molecule has 1 aliphatic heterocycles. The van der Waals surface area contributed by atoms with Crippen LogP contribution < -0.4 is 0 Å². The van der Waals surface area contributed by atoms with Crippen molar-refractivity contribution >= 4 is 37.7 Å². The Kier molecular flexibility index (Phi) is 3.27. The Hall–Kier alpha value is -3.62. The van der Waals surface area contributed by atoms with Crippen molar-refractivity contribution < 1.29 is 0 Å². The lowest BCUT2D eigenvalue weighted by Crippen LogP contribution is -2.33. The Balaban J connectivity index is 1.69. The zero-order valence-electron chi connectivity index (χ0n) is 17.7. The van der Waals surface area contributed by atoms with Crippen LogP contribution in [0.3, 0.4) is 0 Å². The Morgan fingerprint density at radius 2 is 1.24 bits per heavy atom. The van der Waals surface area contributed by atoms with Gasteiger partial charge in [-0.25, -0.2) is 0 Å². The minimum atomic E-state index is -0.340. The van der Waals surface area contributed by atoms with Crippen molar-refractivity contribution in [3.8, 4) is 16.8 Å². The predicted octanol–water partition coefficient (Wildman–Crippen LogP) is 8.22. The molecule has 8 rings (SSSR count). The van der Waals surface area contributed by atoms with Crippen LogP contribution in [0.5, 0.6) is 0 Å². The number of para-hydroxylation sites is 3. The van der Waals surface area contributed by atoms with Gasteiger partial charge < -0.3 is 4.57 Å². The summed E-state index contributed by atoms with van der Waals surface area (Å²) in [6.45, 7) is 0. The van der Waals surface area contributed by atoms with Crippen molar-refractivity contribution in [3.05, 3.63) is 136 Å². The zero-order chi connectivity index (χ0) is 21.7. The molecule has 154 valence electrons. The second-order valence-corrected chi connectivity index (χ2v) is 9.97. The number of fused-ring (bicyclic) bond motifs is 12. The minimum Gasteiger partial charge on any atom is -0.309 e. The smallest absolute Gasteiger partial charge is 0.0754 e. The fraction of sp³-hybridized carbons (Fsp3) is 0.0323. The van der Waals surface area contributed by atoms with Crippen molar-refractivity contribution in [2.75, 3.05) is 0 Å². The fourth-order valence-electron chi connectivity index (χ4n) is 6.54. The van der Waals surface area contributed by atoms with Crippen LogP contribution >= 0.6 is 15.9 Å². The lowest BCUT2D eigenvalue weighted by Gasteiger charge is -2.39. The Bertz CT molecular complexity index is 1790. The molecule has 0 saturated heterocycles. The Morgan fingerprint density at radius 1 is 0.545 bits per heavy atom. The normalized spacial score (nSPS) is 17.4. The average molecular weight is 484 g/mol. The molecule has 1 spiro atoms. The van der Waals surface area contributed by atoms with E-state index in [4.69, 9.17) is 0 Å². The van der Waals surface area contributed by atoms with E-state index < -0.39 is 0 Å². The van der Waals surface area contributed by atoms with E-state index in [0.29, 0.717) is 0 Å². The molecule has 1 unspecified atom stereocenters. The van der Waals surface area contributed by atoms with Crippen LogP contribution in [0.2, 0.25) is 0 Å². The van der Waals surface area contributed by atoms with Gasteiger partial charge in [0.05, 0.1) is 22.1 Å². The second-order valence-electron chi connectivity index (χ2n) is 9.06. The van der Waals surface area contributed by atoms with E-state index in [1.807, 2.05) is 0 Å². The quantitative estimate of drug-likeness (QED) is 0.204. The van der Waals surface area contributed by atoms with Gasteiger partial charge in [-0.15, -0.1) is 0 Å². The Morgan fingerprint density at radius 3 is 2.18 bits per heavy atom. The van der Waals surface area contributed by atoms with E-state index in [1.54, 1.807) is 0 Å². The van der Waals surface area contributed by atoms with Crippen LogP contribution in [0.1, 0.15) is 22.3 Å². The Labute approximate surface area is 200 Å². The van der Waals surface area contributed by atoms with Gasteiger partial charge in [-0.1, -0.05) is 101 Å². The third-order valence-electron chi connectivity index (χ3n) is 7.65. The van der Waals surface area contributed by atoms with Gasteiger partial charge >= 0.3 is 0 Å². The van der Waals surface area contributed by atoms with Gasteiger partial charge in [0, 0.05) is 15.2 Å². The summed E-state index contributed by atoms with van der Waals surface area (Å²) in [6, 6.07) is 40.4. The SMILES string of the molecule is Brc1ccc2c(c1)-c1ccccc1C21c2ccccc2-n2c3ccccc3c3cccc1c32. The van der Waals surface area contributed by atoms with Gasteiger partial charge in [-0.3, -0.25) is 0 Å². The van der Waals surface area contributed by atoms with E-state index in [9.17, 15) is 0 Å². The maximum absolute atomic E-state index is 3.74. The van der Waals surface area contributed by atoms with E-state index in [0.717, 1.165) is 4.47 Å². The summed E-state index contributed by atoms with van der Waals surface area (Å²) in [5.41, 5.74) is 11.6. The molecule has 0 fully saturated rings. The number of hydrogen-bond acceptors (Lipinski definition) is 0. The molecule has 2 heterocycles. The number of aromatic nitrogens is 1. The molecular formula is C31H18BrN. The van der Waals surface area contributed by atoms with Crippen LogP contribution in [-0.4, -0.2) is 4.57 Å². The van der Waals surface area contributed by atoms with Crippen molar-refractivity contribution in [3.63, 3.8) is 0 Å². The lowest BCUT2D eigenvalue weighted by molar-refractivity contribution is 0.748. The van der Waals surface area contributed by atoms with Crippen LogP contribution in [0.4, 0.5) is 0 Å². The van der Waals surface area contributed by atoms with Gasteiger partial charge in [0.2, 0.25) is 0 Å². The molecule has 1 aliphatic carbocycles. The van der Waals surface area contributed by atoms with Crippen molar-refractivity contribution in [2.24, 2.45) is 0 Å². The molecular weight excluding hydrogens is 466 g/mol. The predicted molar refractivity (Wildman–Crippen MR) is 139 cm³/mol. The van der Waals surface area contributed by atoms with Gasteiger partial charge in [0.15, 0.2) is 0 Å². The van der Waals surface area contributed by atoms with Crippen LogP contribution in [0, 0.1) is 0 Å². The van der Waals surface area contributed by atoms with Crippen LogP contribution in [0.25, 0.3) is 38.6 Å². The van der Waals surface area contributed by atoms with Crippen molar-refractivity contribution in [1.82, 2.24) is 4.57 Å². The molecule has 1 aromatic heterocycles. The van der Waals surface area contributed by atoms with E-state index in [1.165, 1.54) is 60.9 Å². The highest BCUT2D eigenvalue weighted by Gasteiger charge is 2.50. The van der Waals surface area contributed by atoms with Gasteiger partial charge in [-0.05, 0) is 57.6 Å². The summed E-state index contributed by atoms with van der Waals surface area (Å²) in [4.78, 5) is 0. The molecule has 1 nitrogen and oxygen atoms in total. The molecule has 0 radical (unpaired) electrons. The number of halogens is 1. The minimum absolute atomic E-state index is 0.340. The molecule has 0 bridgehead atoms. The molecule has 1 atom stereocenters. The summed E-state index contributed by atoms with van der Waals surface area (Å²) in [6.07, 6.45) is 0. The van der Waals surface area contributed by atoms with Crippen molar-refractivity contribution in [2.45, 2.75) is 5.41 Å². The largest absolute Gasteiger partial charge is 0.309 e. The third-order valence-corrected chi connectivity index (χ3v) is 8.15. The summed E-state index contributed by atoms with van der Waals surface area (Å²) in [5.74, 6) is 0. The van der Waals surface area contributed by atoms with E-state index in [-0.39, 0.29) is 5.41 Å². The first kappa shape index (κ1) is 17.9. The average Bonchev–Trinajstić information content (AvgIpc) is 3.35. The molecule has 0 amide bonds. The second kappa shape index (κ2) is 6.03. The van der Waals surface area contributed by atoms with Crippen LogP contribution in [-0.2, 0) is 5.41 Å². The molecule has 2 heteroatoms. The summed E-state index contributed by atoms with van der Waals surface area (Å²) in [7, 11) is 0. The fourth-order valence-corrected chi connectivity index (χ4v) is 6.90. The highest BCUT2D eigenvalue weighted by Crippen LogP contribution is 2.61. The molecule has 0 N–H and O–H groups in total. The van der Waals surface area contributed by atoms with Gasteiger partial charge in [0.25, 0.3) is 0 Å². The number of nitrogens with zero attached hydrogens (tertiary/aromatic N) is 1. The highest BCUT2D eigenvalue weighted by molar-refractivity contribution is 9.10. The number of rotatable bonds is 0. The van der Waals surface area contributed by atoms with Gasteiger partial charge in [-0.2, -0.15) is 0 Å². The molecule has 33 heavy (non-hydrogen) atoms. The van der Waals surface area contributed by atoms with Crippen molar-refractivity contribution in [1.29, 1.82) is 0 Å². The first-order valence-corrected chi connectivity index (χ1v) is 12.1. The zero-order valence-corrected chi connectivity index (χ0v) is 19.3. The first-order chi connectivity index (χ1) is 16.3. The maximum Gasteiger partial charge on any atom is 0.0754 e. The highest BCUT2D eigenvalue weighted by atomic mass is 79.9. The monoisotopic (exact) mass is 483 g/mol. The third kappa shape index (κ3) is 1.96. The van der Waals surface area contributed by atoms with Crippen LogP contribution in [0.15, 0.2) is 114 Å². The molecule has 0 saturated carbocycles. The van der Waals surface area contributed by atoms with E-state index in [2.05, 4.69) is 130 Å². The lowest BCUT2D eigenvalue weighted by atomic mass is 9.65. The summed E-state index contributed by atoms with van der Waals surface area (Å²) >= 11 is 3.74. The maximum atomic E-state index is 3.74. The van der Waals surface area contributed by atoms with E-state index >= 15 is 0 Å².